The number of nitrogens with zero attached hydrogens (tertiary/aromatic N) is 2. The summed E-state index contributed by atoms with van der Waals surface area (Å²) >= 11 is 5.90. The molecule has 6 heteroatoms. The molecule has 2 heterocycles. The van der Waals surface area contributed by atoms with E-state index < -0.39 is 0 Å². The SMILES string of the molecule is O=C(c1nc2ccc(Cl)cc2[nH]1)N1CCOCC1. The first-order valence-corrected chi connectivity index (χ1v) is 6.14. The van der Waals surface area contributed by atoms with E-state index in [9.17, 15) is 4.79 Å². The smallest absolute Gasteiger partial charge is 0.289 e. The van der Waals surface area contributed by atoms with Gasteiger partial charge >= 0.3 is 0 Å². The van der Waals surface area contributed by atoms with Crippen LogP contribution in [-0.2, 0) is 4.74 Å². The highest BCUT2D eigenvalue weighted by Crippen LogP contribution is 2.18. The van der Waals surface area contributed by atoms with Crippen LogP contribution >= 0.6 is 11.6 Å². The van der Waals surface area contributed by atoms with Crippen LogP contribution in [0.3, 0.4) is 0 Å². The van der Waals surface area contributed by atoms with Gasteiger partial charge in [-0.15, -0.1) is 0 Å². The second-order valence-corrected chi connectivity index (χ2v) is 4.59. The van der Waals surface area contributed by atoms with Crippen molar-refractivity contribution in [3.8, 4) is 0 Å². The first-order valence-electron chi connectivity index (χ1n) is 5.76. The highest BCUT2D eigenvalue weighted by molar-refractivity contribution is 6.31. The number of hydrogen-bond donors (Lipinski definition) is 1. The molecule has 18 heavy (non-hydrogen) atoms. The Balaban J connectivity index is 1.91. The predicted octanol–water partition coefficient (Wildman–Crippen LogP) is 1.69. The maximum absolute atomic E-state index is 12.2. The number of nitrogens with one attached hydrogen (secondary N) is 1. The van der Waals surface area contributed by atoms with E-state index in [1.165, 1.54) is 0 Å². The molecule has 1 N–H and O–H groups in total. The standard InChI is InChI=1S/C12H12ClN3O2/c13-8-1-2-9-10(7-8)15-11(14-9)12(17)16-3-5-18-6-4-16/h1-2,7H,3-6H2,(H,14,15). The first-order chi connectivity index (χ1) is 8.74. The number of H-pyrrole nitrogens is 1. The van der Waals surface area contributed by atoms with Gasteiger partial charge in [0.25, 0.3) is 5.91 Å². The zero-order valence-electron chi connectivity index (χ0n) is 9.65. The number of ether oxygens (including phenoxy) is 1. The molecule has 94 valence electrons. The molecule has 1 saturated heterocycles. The zero-order valence-corrected chi connectivity index (χ0v) is 10.4. The largest absolute Gasteiger partial charge is 0.378 e. The molecule has 5 nitrogen and oxygen atoms in total. The summed E-state index contributed by atoms with van der Waals surface area (Å²) in [5.74, 6) is 0.264. The summed E-state index contributed by atoms with van der Waals surface area (Å²) in [6, 6.07) is 5.32. The van der Waals surface area contributed by atoms with Gasteiger partial charge in [-0.05, 0) is 18.2 Å². The number of carbonyl (C=O) groups is 1. The molecule has 2 aromatic rings. The number of imidazole rings is 1. The summed E-state index contributed by atoms with van der Waals surface area (Å²) in [6.45, 7) is 2.38. The van der Waals surface area contributed by atoms with Crippen LogP contribution in [0.25, 0.3) is 11.0 Å². The Morgan fingerprint density at radius 1 is 1.39 bits per heavy atom. The van der Waals surface area contributed by atoms with Gasteiger partial charge in [-0.25, -0.2) is 4.98 Å². The van der Waals surface area contributed by atoms with E-state index in [0.29, 0.717) is 37.2 Å². The van der Waals surface area contributed by atoms with Crippen molar-refractivity contribution < 1.29 is 9.53 Å². The minimum atomic E-state index is -0.0920. The number of halogens is 1. The average Bonchev–Trinajstić information content (AvgIpc) is 2.81. The topological polar surface area (TPSA) is 58.2 Å². The van der Waals surface area contributed by atoms with Crippen molar-refractivity contribution in [1.29, 1.82) is 0 Å². The zero-order chi connectivity index (χ0) is 12.5. The molecule has 1 aromatic carbocycles. The van der Waals surface area contributed by atoms with Gasteiger partial charge in [0.05, 0.1) is 24.2 Å². The van der Waals surface area contributed by atoms with Crippen molar-refractivity contribution in [2.24, 2.45) is 0 Å². The number of aromatic nitrogens is 2. The minimum Gasteiger partial charge on any atom is -0.378 e. The van der Waals surface area contributed by atoms with Crippen LogP contribution in [0.15, 0.2) is 18.2 Å². The minimum absolute atomic E-state index is 0.0920. The fraction of sp³-hybridized carbons (Fsp3) is 0.333. The molecule has 1 fully saturated rings. The molecule has 1 aromatic heterocycles. The van der Waals surface area contributed by atoms with E-state index in [4.69, 9.17) is 16.3 Å². The number of morpholine rings is 1. The van der Waals surface area contributed by atoms with E-state index in [1.807, 2.05) is 0 Å². The number of rotatable bonds is 1. The number of benzene rings is 1. The monoisotopic (exact) mass is 265 g/mol. The molecule has 0 atom stereocenters. The summed E-state index contributed by atoms with van der Waals surface area (Å²) in [5.41, 5.74) is 1.52. The lowest BCUT2D eigenvalue weighted by atomic mass is 10.3. The molecule has 1 aliphatic rings. The molecule has 1 aliphatic heterocycles. The van der Waals surface area contributed by atoms with Gasteiger partial charge in [0, 0.05) is 18.1 Å². The molecular formula is C12H12ClN3O2. The maximum atomic E-state index is 12.2. The van der Waals surface area contributed by atoms with E-state index in [2.05, 4.69) is 9.97 Å². The normalized spacial score (nSPS) is 16.2. The van der Waals surface area contributed by atoms with E-state index in [1.54, 1.807) is 23.1 Å². The molecular weight excluding hydrogens is 254 g/mol. The van der Waals surface area contributed by atoms with Gasteiger partial charge < -0.3 is 14.6 Å². The van der Waals surface area contributed by atoms with E-state index >= 15 is 0 Å². The van der Waals surface area contributed by atoms with Gasteiger partial charge in [0.1, 0.15) is 0 Å². The Morgan fingerprint density at radius 2 is 2.17 bits per heavy atom. The second kappa shape index (κ2) is 4.59. The van der Waals surface area contributed by atoms with Crippen LogP contribution in [0.5, 0.6) is 0 Å². The Morgan fingerprint density at radius 3 is 2.94 bits per heavy atom. The van der Waals surface area contributed by atoms with Crippen LogP contribution in [0.1, 0.15) is 10.6 Å². The Kier molecular flexibility index (Phi) is 2.93. The quantitative estimate of drug-likeness (QED) is 0.854. The van der Waals surface area contributed by atoms with Crippen molar-refractivity contribution in [3.63, 3.8) is 0 Å². The van der Waals surface area contributed by atoms with Gasteiger partial charge in [0.15, 0.2) is 5.82 Å². The predicted molar refractivity (Wildman–Crippen MR) is 67.8 cm³/mol. The Labute approximate surface area is 109 Å². The summed E-state index contributed by atoms with van der Waals surface area (Å²) in [7, 11) is 0. The number of hydrogen-bond acceptors (Lipinski definition) is 3. The highest BCUT2D eigenvalue weighted by atomic mass is 35.5. The first kappa shape index (κ1) is 11.5. The summed E-state index contributed by atoms with van der Waals surface area (Å²) in [4.78, 5) is 21.2. The van der Waals surface area contributed by atoms with Crippen LogP contribution in [-0.4, -0.2) is 47.1 Å². The van der Waals surface area contributed by atoms with Crippen molar-refractivity contribution in [2.45, 2.75) is 0 Å². The molecule has 0 aliphatic carbocycles. The van der Waals surface area contributed by atoms with Crippen LogP contribution in [0, 0.1) is 0 Å². The van der Waals surface area contributed by atoms with Crippen molar-refractivity contribution in [1.82, 2.24) is 14.9 Å². The van der Waals surface area contributed by atoms with Crippen molar-refractivity contribution >= 4 is 28.5 Å². The van der Waals surface area contributed by atoms with Crippen molar-refractivity contribution in [2.75, 3.05) is 26.3 Å². The molecule has 0 spiro atoms. The summed E-state index contributed by atoms with van der Waals surface area (Å²) in [6.07, 6.45) is 0. The molecule has 0 saturated carbocycles. The summed E-state index contributed by atoms with van der Waals surface area (Å²) in [5, 5.41) is 0.622. The second-order valence-electron chi connectivity index (χ2n) is 4.15. The third-order valence-electron chi connectivity index (χ3n) is 2.94. The Bertz CT molecular complexity index is 590. The van der Waals surface area contributed by atoms with Crippen molar-refractivity contribution in [3.05, 3.63) is 29.0 Å². The van der Waals surface area contributed by atoms with Crippen LogP contribution in [0.2, 0.25) is 5.02 Å². The Hall–Kier alpha value is -1.59. The lowest BCUT2D eigenvalue weighted by Crippen LogP contribution is -2.41. The van der Waals surface area contributed by atoms with E-state index in [-0.39, 0.29) is 5.91 Å². The van der Waals surface area contributed by atoms with Gasteiger partial charge in [-0.3, -0.25) is 4.79 Å². The lowest BCUT2D eigenvalue weighted by Gasteiger charge is -2.25. The number of amides is 1. The number of fused-ring (bicyclic) bond motifs is 1. The number of aromatic amines is 1. The number of carbonyl (C=O) groups excluding carboxylic acids is 1. The van der Waals surface area contributed by atoms with Gasteiger partial charge in [0.2, 0.25) is 0 Å². The van der Waals surface area contributed by atoms with E-state index in [0.717, 1.165) is 11.0 Å². The lowest BCUT2D eigenvalue weighted by molar-refractivity contribution is 0.0296. The van der Waals surface area contributed by atoms with Crippen LogP contribution in [0.4, 0.5) is 0 Å². The van der Waals surface area contributed by atoms with Gasteiger partial charge in [-0.2, -0.15) is 0 Å². The average molecular weight is 266 g/mol. The molecule has 0 radical (unpaired) electrons. The molecule has 0 unspecified atom stereocenters. The fourth-order valence-corrected chi connectivity index (χ4v) is 2.17. The molecule has 0 bridgehead atoms. The maximum Gasteiger partial charge on any atom is 0.289 e. The molecule has 3 rings (SSSR count). The van der Waals surface area contributed by atoms with Crippen LogP contribution < -0.4 is 0 Å². The molecule has 1 amide bonds. The highest BCUT2D eigenvalue weighted by Gasteiger charge is 2.21. The third-order valence-corrected chi connectivity index (χ3v) is 3.18. The summed E-state index contributed by atoms with van der Waals surface area (Å²) < 4.78 is 5.22. The fourth-order valence-electron chi connectivity index (χ4n) is 2.00. The third kappa shape index (κ3) is 2.07. The van der Waals surface area contributed by atoms with Gasteiger partial charge in [-0.1, -0.05) is 11.6 Å².